The molecule has 1 unspecified atom stereocenters. The number of rotatable bonds is 6. The number of hydrogen-bond acceptors (Lipinski definition) is 5. The third-order valence-electron chi connectivity index (χ3n) is 3.28. The molecule has 0 fully saturated rings. The minimum absolute atomic E-state index is 0.00895. The summed E-state index contributed by atoms with van der Waals surface area (Å²) in [6.45, 7) is 3.08. The maximum absolute atomic E-state index is 12.4. The molecule has 0 saturated carbocycles. The summed E-state index contributed by atoms with van der Waals surface area (Å²) in [6.07, 6.45) is 0. The number of non-ortho nitro benzene ring substituents is 1. The monoisotopic (exact) mass is 393 g/mol. The first kappa shape index (κ1) is 19.7. The number of nitrogens with zero attached hydrogens (tertiary/aromatic N) is 1. The normalized spacial score (nSPS) is 11.5. The summed E-state index contributed by atoms with van der Waals surface area (Å²) < 4.78 is 0. The van der Waals surface area contributed by atoms with E-state index >= 15 is 0 Å². The summed E-state index contributed by atoms with van der Waals surface area (Å²) in [4.78, 5) is 34.6. The van der Waals surface area contributed by atoms with Crippen molar-refractivity contribution < 1.29 is 14.5 Å². The van der Waals surface area contributed by atoms with Gasteiger partial charge in [-0.2, -0.15) is 0 Å². The van der Waals surface area contributed by atoms with Crippen molar-refractivity contribution in [1.29, 1.82) is 0 Å². The van der Waals surface area contributed by atoms with Crippen molar-refractivity contribution in [3.8, 4) is 0 Å². The highest BCUT2D eigenvalue weighted by molar-refractivity contribution is 8.00. The number of benzene rings is 2. The fourth-order valence-electron chi connectivity index (χ4n) is 2.06. The second kappa shape index (κ2) is 8.68. The summed E-state index contributed by atoms with van der Waals surface area (Å²) >= 11 is 7.22. The molecule has 2 aromatic rings. The summed E-state index contributed by atoms with van der Waals surface area (Å²) in [5, 5.41) is 16.0. The van der Waals surface area contributed by atoms with Crippen molar-refractivity contribution in [2.24, 2.45) is 0 Å². The molecule has 0 aromatic heterocycles. The zero-order valence-electron chi connectivity index (χ0n) is 14.0. The Balaban J connectivity index is 2.08. The van der Waals surface area contributed by atoms with Crippen LogP contribution in [0.25, 0.3) is 0 Å². The molecule has 0 radical (unpaired) electrons. The standard InChI is InChI=1S/C17H16ClN3O4S/c1-10(26-14-6-4-13(5-7-14)21(24)25)17(23)20-16-9-12(18)3-8-15(16)19-11(2)22/h3-10H,1-2H3,(H,19,22)(H,20,23). The first-order valence-corrected chi connectivity index (χ1v) is 8.81. The van der Waals surface area contributed by atoms with Crippen molar-refractivity contribution in [2.45, 2.75) is 24.0 Å². The predicted octanol–water partition coefficient (Wildman–Crippen LogP) is 4.33. The van der Waals surface area contributed by atoms with Gasteiger partial charge in [-0.1, -0.05) is 11.6 Å². The van der Waals surface area contributed by atoms with Gasteiger partial charge in [0.25, 0.3) is 5.69 Å². The van der Waals surface area contributed by atoms with Gasteiger partial charge in [0.05, 0.1) is 21.5 Å². The van der Waals surface area contributed by atoms with E-state index in [1.807, 2.05) is 0 Å². The van der Waals surface area contributed by atoms with Gasteiger partial charge < -0.3 is 10.6 Å². The molecule has 0 saturated heterocycles. The van der Waals surface area contributed by atoms with Crippen molar-refractivity contribution in [1.82, 2.24) is 0 Å². The molecule has 0 heterocycles. The number of carbonyl (C=O) groups is 2. The molecule has 136 valence electrons. The Morgan fingerprint density at radius 3 is 2.35 bits per heavy atom. The van der Waals surface area contributed by atoms with Crippen LogP contribution in [0.3, 0.4) is 0 Å². The lowest BCUT2D eigenvalue weighted by Crippen LogP contribution is -2.23. The Morgan fingerprint density at radius 1 is 1.12 bits per heavy atom. The average molecular weight is 394 g/mol. The SMILES string of the molecule is CC(=O)Nc1ccc(Cl)cc1NC(=O)C(C)Sc1ccc([N+](=O)[O-])cc1. The molecule has 1 atom stereocenters. The molecule has 2 N–H and O–H groups in total. The van der Waals surface area contributed by atoms with Crippen LogP contribution in [0.15, 0.2) is 47.4 Å². The lowest BCUT2D eigenvalue weighted by Gasteiger charge is -2.15. The van der Waals surface area contributed by atoms with E-state index in [0.717, 1.165) is 4.90 Å². The highest BCUT2D eigenvalue weighted by Crippen LogP contribution is 2.29. The van der Waals surface area contributed by atoms with Gasteiger partial charge in [-0.15, -0.1) is 11.8 Å². The topological polar surface area (TPSA) is 101 Å². The maximum atomic E-state index is 12.4. The van der Waals surface area contributed by atoms with Crippen LogP contribution in [-0.4, -0.2) is 22.0 Å². The highest BCUT2D eigenvalue weighted by atomic mass is 35.5. The summed E-state index contributed by atoms with van der Waals surface area (Å²) in [5.74, 6) is -0.557. The minimum atomic E-state index is -0.479. The number of nitro benzene ring substituents is 1. The molecule has 0 aliphatic rings. The molecule has 2 aromatic carbocycles. The predicted molar refractivity (Wildman–Crippen MR) is 103 cm³/mol. The number of thioether (sulfide) groups is 1. The van der Waals surface area contributed by atoms with Gasteiger partial charge in [-0.05, 0) is 37.3 Å². The van der Waals surface area contributed by atoms with Crippen molar-refractivity contribution in [2.75, 3.05) is 10.6 Å². The largest absolute Gasteiger partial charge is 0.325 e. The number of nitro groups is 1. The number of halogens is 1. The van der Waals surface area contributed by atoms with E-state index in [0.29, 0.717) is 16.4 Å². The molecular weight excluding hydrogens is 378 g/mol. The van der Waals surface area contributed by atoms with Gasteiger partial charge in [-0.25, -0.2) is 0 Å². The van der Waals surface area contributed by atoms with E-state index in [-0.39, 0.29) is 17.5 Å². The highest BCUT2D eigenvalue weighted by Gasteiger charge is 2.17. The van der Waals surface area contributed by atoms with Gasteiger partial charge in [-0.3, -0.25) is 19.7 Å². The number of nitrogens with one attached hydrogen (secondary N) is 2. The van der Waals surface area contributed by atoms with Crippen LogP contribution >= 0.6 is 23.4 Å². The third kappa shape index (κ3) is 5.47. The second-order valence-electron chi connectivity index (χ2n) is 5.37. The Kier molecular flexibility index (Phi) is 6.59. The van der Waals surface area contributed by atoms with E-state index in [4.69, 9.17) is 11.6 Å². The van der Waals surface area contributed by atoms with Crippen molar-refractivity contribution in [3.63, 3.8) is 0 Å². The summed E-state index contributed by atoms with van der Waals surface area (Å²) in [5.41, 5.74) is 0.835. The quantitative estimate of drug-likeness (QED) is 0.432. The summed E-state index contributed by atoms with van der Waals surface area (Å²) in [7, 11) is 0. The molecule has 2 amide bonds. The first-order chi connectivity index (χ1) is 12.3. The molecule has 0 bridgehead atoms. The summed E-state index contributed by atoms with van der Waals surface area (Å²) in [6, 6.07) is 10.7. The van der Waals surface area contributed by atoms with Crippen molar-refractivity contribution >= 4 is 52.2 Å². The smallest absolute Gasteiger partial charge is 0.269 e. The molecule has 2 rings (SSSR count). The third-order valence-corrected chi connectivity index (χ3v) is 4.63. The van der Waals surface area contributed by atoms with Gasteiger partial charge >= 0.3 is 0 Å². The van der Waals surface area contributed by atoms with Crippen LogP contribution < -0.4 is 10.6 Å². The van der Waals surface area contributed by atoms with Gasteiger partial charge in [0, 0.05) is 29.0 Å². The van der Waals surface area contributed by atoms with Crippen LogP contribution in [0.4, 0.5) is 17.1 Å². The minimum Gasteiger partial charge on any atom is -0.325 e. The molecule has 0 aliphatic heterocycles. The second-order valence-corrected chi connectivity index (χ2v) is 7.22. The van der Waals surface area contributed by atoms with Crippen LogP contribution in [0.1, 0.15) is 13.8 Å². The molecule has 0 spiro atoms. The fraction of sp³-hybridized carbons (Fsp3) is 0.176. The lowest BCUT2D eigenvalue weighted by atomic mass is 10.2. The van der Waals surface area contributed by atoms with E-state index in [9.17, 15) is 19.7 Å². The zero-order valence-corrected chi connectivity index (χ0v) is 15.6. The van der Waals surface area contributed by atoms with Crippen LogP contribution in [0.5, 0.6) is 0 Å². The Hall–Kier alpha value is -2.58. The first-order valence-electron chi connectivity index (χ1n) is 7.55. The van der Waals surface area contributed by atoms with Gasteiger partial charge in [0.15, 0.2) is 0 Å². The Morgan fingerprint density at radius 2 is 1.77 bits per heavy atom. The van der Waals surface area contributed by atoms with Crippen molar-refractivity contribution in [3.05, 3.63) is 57.6 Å². The number of hydrogen-bond donors (Lipinski definition) is 2. The van der Waals surface area contributed by atoms with E-state index < -0.39 is 10.2 Å². The number of anilines is 2. The zero-order chi connectivity index (χ0) is 19.3. The number of amides is 2. The average Bonchev–Trinajstić information content (AvgIpc) is 2.57. The van der Waals surface area contributed by atoms with Crippen LogP contribution in [-0.2, 0) is 9.59 Å². The number of carbonyl (C=O) groups excluding carboxylic acids is 2. The molecular formula is C17H16ClN3O4S. The maximum Gasteiger partial charge on any atom is 0.269 e. The van der Waals surface area contributed by atoms with E-state index in [1.54, 1.807) is 37.3 Å². The van der Waals surface area contributed by atoms with Gasteiger partial charge in [0.1, 0.15) is 0 Å². The Bertz CT molecular complexity index is 842. The van der Waals surface area contributed by atoms with E-state index in [1.165, 1.54) is 30.8 Å². The lowest BCUT2D eigenvalue weighted by molar-refractivity contribution is -0.384. The van der Waals surface area contributed by atoms with Crippen LogP contribution in [0, 0.1) is 10.1 Å². The van der Waals surface area contributed by atoms with Crippen LogP contribution in [0.2, 0.25) is 5.02 Å². The Labute approximate surface area is 159 Å². The molecule has 9 heteroatoms. The molecule has 26 heavy (non-hydrogen) atoms. The van der Waals surface area contributed by atoms with Gasteiger partial charge in [0.2, 0.25) is 11.8 Å². The molecule has 7 nitrogen and oxygen atoms in total. The fourth-order valence-corrected chi connectivity index (χ4v) is 3.10. The molecule has 0 aliphatic carbocycles. The van der Waals surface area contributed by atoms with E-state index in [2.05, 4.69) is 10.6 Å².